The predicted molar refractivity (Wildman–Crippen MR) is 110 cm³/mol. The number of benzene rings is 1. The van der Waals surface area contributed by atoms with Crippen LogP contribution in [0.25, 0.3) is 0 Å². The molecule has 0 spiro atoms. The average Bonchev–Trinajstić information content (AvgIpc) is 3.36. The maximum atomic E-state index is 11.1. The summed E-state index contributed by atoms with van der Waals surface area (Å²) in [6.07, 6.45) is 3.52. The molecule has 1 fully saturated rings. The molecular weight excluding hydrogens is 418 g/mol. The summed E-state index contributed by atoms with van der Waals surface area (Å²) in [6, 6.07) is 8.46. The first-order valence-electron chi connectivity index (χ1n) is 8.88. The van der Waals surface area contributed by atoms with Crippen molar-refractivity contribution in [2.45, 2.75) is 25.2 Å². The fraction of sp³-hybridized carbons (Fsp3) is 0.611. The molecule has 0 aromatic heterocycles. The van der Waals surface area contributed by atoms with Gasteiger partial charge in [-0.15, -0.1) is 0 Å². The van der Waals surface area contributed by atoms with E-state index < -0.39 is 9.84 Å². The summed E-state index contributed by atoms with van der Waals surface area (Å²) in [5.74, 6) is 0.816. The van der Waals surface area contributed by atoms with Gasteiger partial charge in [0, 0.05) is 29.2 Å². The predicted octanol–water partition coefficient (Wildman–Crippen LogP) is 2.10. The zero-order chi connectivity index (χ0) is 19.0. The molecule has 146 valence electrons. The number of halogens is 1. The Hall–Kier alpha value is -1.12. The van der Waals surface area contributed by atoms with E-state index >= 15 is 0 Å². The van der Waals surface area contributed by atoms with Gasteiger partial charge in [-0.2, -0.15) is 0 Å². The van der Waals surface area contributed by atoms with Crippen LogP contribution in [0.4, 0.5) is 0 Å². The van der Waals surface area contributed by atoms with Crippen LogP contribution in [0.2, 0.25) is 0 Å². The molecule has 1 aliphatic rings. The number of nitrogens with zero attached hydrogens (tertiary/aromatic N) is 1. The van der Waals surface area contributed by atoms with Gasteiger partial charge in [0.15, 0.2) is 5.96 Å². The van der Waals surface area contributed by atoms with E-state index in [9.17, 15) is 8.42 Å². The number of hydrogen-bond donors (Lipinski definition) is 2. The molecule has 0 unspecified atom stereocenters. The Bertz CT molecular complexity index is 718. The van der Waals surface area contributed by atoms with Crippen LogP contribution in [-0.2, 0) is 20.0 Å². The van der Waals surface area contributed by atoms with Crippen molar-refractivity contribution >= 4 is 31.7 Å². The lowest BCUT2D eigenvalue weighted by molar-refractivity contribution is 0.154. The molecule has 0 radical (unpaired) electrons. The summed E-state index contributed by atoms with van der Waals surface area (Å²) >= 11 is 3.54. The largest absolute Gasteiger partial charge is 0.379 e. The Morgan fingerprint density at radius 1 is 1.31 bits per heavy atom. The fourth-order valence-corrected chi connectivity index (χ4v) is 3.45. The molecule has 1 saturated carbocycles. The quantitative estimate of drug-likeness (QED) is 0.327. The third kappa shape index (κ3) is 7.25. The lowest BCUT2D eigenvalue weighted by atomic mass is 9.96. The molecule has 2 N–H and O–H groups in total. The third-order valence-electron chi connectivity index (χ3n) is 4.31. The molecule has 0 aliphatic heterocycles. The molecule has 6 nitrogen and oxygen atoms in total. The highest BCUT2D eigenvalue weighted by Gasteiger charge is 2.44. The molecule has 1 aromatic rings. The lowest BCUT2D eigenvalue weighted by Gasteiger charge is -2.16. The van der Waals surface area contributed by atoms with Crippen molar-refractivity contribution in [2.75, 3.05) is 44.9 Å². The second-order valence-electron chi connectivity index (χ2n) is 6.65. The summed E-state index contributed by atoms with van der Waals surface area (Å²) < 4.78 is 28.6. The molecule has 2 rings (SSSR count). The van der Waals surface area contributed by atoms with Crippen LogP contribution in [0, 0.1) is 0 Å². The Balaban J connectivity index is 1.81. The summed E-state index contributed by atoms with van der Waals surface area (Å²) in [7, 11) is -2.97. The maximum Gasteiger partial charge on any atom is 0.191 e. The van der Waals surface area contributed by atoms with Gasteiger partial charge in [0.25, 0.3) is 0 Å². The topological polar surface area (TPSA) is 79.8 Å². The van der Waals surface area contributed by atoms with E-state index in [2.05, 4.69) is 44.8 Å². The van der Waals surface area contributed by atoms with Crippen LogP contribution in [0.15, 0.2) is 33.7 Å². The summed E-state index contributed by atoms with van der Waals surface area (Å²) in [6.45, 7) is 4.80. The fourth-order valence-electron chi connectivity index (χ4n) is 2.63. The zero-order valence-electron chi connectivity index (χ0n) is 15.4. The van der Waals surface area contributed by atoms with Crippen molar-refractivity contribution in [3.63, 3.8) is 0 Å². The van der Waals surface area contributed by atoms with Gasteiger partial charge in [0.2, 0.25) is 0 Å². The standard InChI is InChI=1S/C18H28BrN3O3S/c1-3-20-17(21-9-10-25-11-12-26(2,23)24)22-14-18(7-8-18)15-5-4-6-16(19)13-15/h4-6,13H,3,7-12,14H2,1-2H3,(H2,20,21,22). The second-order valence-corrected chi connectivity index (χ2v) is 9.83. The lowest BCUT2D eigenvalue weighted by Crippen LogP contribution is -2.39. The number of sulfone groups is 1. The molecule has 0 amide bonds. The number of guanidine groups is 1. The van der Waals surface area contributed by atoms with Gasteiger partial charge in [0.05, 0.1) is 25.5 Å². The Kier molecular flexibility index (Phi) is 7.91. The number of rotatable bonds is 10. The number of nitrogens with one attached hydrogen (secondary N) is 2. The van der Waals surface area contributed by atoms with Crippen molar-refractivity contribution in [2.24, 2.45) is 4.99 Å². The number of hydrogen-bond acceptors (Lipinski definition) is 4. The molecule has 1 aliphatic carbocycles. The van der Waals surface area contributed by atoms with Gasteiger partial charge in [-0.1, -0.05) is 28.1 Å². The van der Waals surface area contributed by atoms with E-state index in [0.29, 0.717) is 13.2 Å². The van der Waals surface area contributed by atoms with E-state index in [1.807, 2.05) is 13.0 Å². The van der Waals surface area contributed by atoms with Crippen LogP contribution >= 0.6 is 15.9 Å². The van der Waals surface area contributed by atoms with Crippen LogP contribution in [0.5, 0.6) is 0 Å². The minimum atomic E-state index is -2.97. The van der Waals surface area contributed by atoms with Crippen molar-refractivity contribution in [1.29, 1.82) is 0 Å². The highest BCUT2D eigenvalue weighted by molar-refractivity contribution is 9.10. The monoisotopic (exact) mass is 445 g/mol. The van der Waals surface area contributed by atoms with E-state index in [4.69, 9.17) is 9.73 Å². The van der Waals surface area contributed by atoms with Crippen LogP contribution < -0.4 is 10.6 Å². The minimum Gasteiger partial charge on any atom is -0.379 e. The normalized spacial score (nSPS) is 16.3. The van der Waals surface area contributed by atoms with E-state index in [0.717, 1.165) is 36.4 Å². The van der Waals surface area contributed by atoms with Gasteiger partial charge < -0.3 is 15.4 Å². The first kappa shape index (κ1) is 21.2. The molecule has 0 atom stereocenters. The first-order valence-corrected chi connectivity index (χ1v) is 11.7. The Morgan fingerprint density at radius 2 is 2.08 bits per heavy atom. The van der Waals surface area contributed by atoms with Crippen molar-refractivity contribution < 1.29 is 13.2 Å². The summed E-state index contributed by atoms with van der Waals surface area (Å²) in [5.41, 5.74) is 1.48. The number of ether oxygens (including phenoxy) is 1. The van der Waals surface area contributed by atoms with Gasteiger partial charge in [-0.05, 0) is 37.5 Å². The molecule has 0 saturated heterocycles. The van der Waals surface area contributed by atoms with Gasteiger partial charge >= 0.3 is 0 Å². The van der Waals surface area contributed by atoms with Crippen LogP contribution in [0.1, 0.15) is 25.3 Å². The molecular formula is C18H28BrN3O3S. The van der Waals surface area contributed by atoms with E-state index in [1.165, 1.54) is 11.8 Å². The molecule has 1 aromatic carbocycles. The van der Waals surface area contributed by atoms with Crippen molar-refractivity contribution in [3.8, 4) is 0 Å². The van der Waals surface area contributed by atoms with Gasteiger partial charge in [0.1, 0.15) is 9.84 Å². The van der Waals surface area contributed by atoms with E-state index in [-0.39, 0.29) is 17.8 Å². The molecule has 0 bridgehead atoms. The molecule has 26 heavy (non-hydrogen) atoms. The molecule has 0 heterocycles. The van der Waals surface area contributed by atoms with Gasteiger partial charge in [-0.25, -0.2) is 8.42 Å². The third-order valence-corrected chi connectivity index (χ3v) is 5.71. The van der Waals surface area contributed by atoms with Crippen molar-refractivity contribution in [3.05, 3.63) is 34.3 Å². The molecule has 8 heteroatoms. The second kappa shape index (κ2) is 9.71. The zero-order valence-corrected chi connectivity index (χ0v) is 17.8. The Labute approximate surface area is 164 Å². The van der Waals surface area contributed by atoms with Gasteiger partial charge in [-0.3, -0.25) is 4.99 Å². The summed E-state index contributed by atoms with van der Waals surface area (Å²) in [4.78, 5) is 4.74. The van der Waals surface area contributed by atoms with Crippen LogP contribution in [0.3, 0.4) is 0 Å². The summed E-state index contributed by atoms with van der Waals surface area (Å²) in [5, 5.41) is 6.48. The van der Waals surface area contributed by atoms with Crippen molar-refractivity contribution in [1.82, 2.24) is 10.6 Å². The highest BCUT2D eigenvalue weighted by Crippen LogP contribution is 2.48. The first-order chi connectivity index (χ1) is 12.3. The average molecular weight is 446 g/mol. The smallest absolute Gasteiger partial charge is 0.191 e. The van der Waals surface area contributed by atoms with Crippen LogP contribution in [-0.4, -0.2) is 59.2 Å². The maximum absolute atomic E-state index is 11.1. The minimum absolute atomic E-state index is 0.0519. The van der Waals surface area contributed by atoms with E-state index in [1.54, 1.807) is 0 Å². The Morgan fingerprint density at radius 3 is 2.69 bits per heavy atom. The highest BCUT2D eigenvalue weighted by atomic mass is 79.9. The number of aliphatic imine (C=N–C) groups is 1. The SMILES string of the molecule is CCNC(=NCC1(c2cccc(Br)c2)CC1)NCCOCCS(C)(=O)=O.